The average molecular weight is 296 g/mol. The number of rotatable bonds is 2. The van der Waals surface area contributed by atoms with E-state index in [9.17, 15) is 9.90 Å². The molecule has 0 spiro atoms. The highest BCUT2D eigenvalue weighted by Gasteiger charge is 2.39. The van der Waals surface area contributed by atoms with Gasteiger partial charge < -0.3 is 10.0 Å². The van der Waals surface area contributed by atoms with Gasteiger partial charge in [-0.3, -0.25) is 4.79 Å². The number of hydrogen-bond acceptors (Lipinski definition) is 2. The zero-order valence-corrected chi connectivity index (χ0v) is 11.2. The maximum atomic E-state index is 12.3. The second-order valence-electron chi connectivity index (χ2n) is 4.97. The molecule has 0 aromatic heterocycles. The van der Waals surface area contributed by atoms with E-state index in [4.69, 9.17) is 0 Å². The van der Waals surface area contributed by atoms with Crippen LogP contribution >= 0.6 is 15.9 Å². The predicted octanol–water partition coefficient (Wildman–Crippen LogP) is 2.91. The third kappa shape index (κ3) is 1.75. The molecule has 17 heavy (non-hydrogen) atoms. The Kier molecular flexibility index (Phi) is 2.43. The monoisotopic (exact) mass is 295 g/mol. The lowest BCUT2D eigenvalue weighted by atomic mass is 10.1. The molecule has 3 nitrogen and oxygen atoms in total. The number of phenols is 1. The van der Waals surface area contributed by atoms with Gasteiger partial charge in [0.1, 0.15) is 5.75 Å². The zero-order chi connectivity index (χ0) is 12.2. The Balaban J connectivity index is 1.96. The second kappa shape index (κ2) is 3.73. The summed E-state index contributed by atoms with van der Waals surface area (Å²) in [5.74, 6) is 0.716. The van der Waals surface area contributed by atoms with Gasteiger partial charge in [0.05, 0.1) is 5.56 Å². The fraction of sp³-hybridized carbons (Fsp3) is 0.462. The highest BCUT2D eigenvalue weighted by atomic mass is 79.9. The maximum Gasteiger partial charge on any atom is 0.258 e. The first-order chi connectivity index (χ1) is 8.08. The summed E-state index contributed by atoms with van der Waals surface area (Å²) in [5.41, 5.74) is 1.41. The van der Waals surface area contributed by atoms with Crippen LogP contribution in [0.4, 0.5) is 0 Å². The van der Waals surface area contributed by atoms with Crippen LogP contribution in [0, 0.1) is 5.92 Å². The van der Waals surface area contributed by atoms with E-state index in [0.29, 0.717) is 18.0 Å². The van der Waals surface area contributed by atoms with E-state index in [0.717, 1.165) is 10.0 Å². The van der Waals surface area contributed by atoms with Crippen molar-refractivity contribution in [1.29, 1.82) is 0 Å². The molecule has 0 unspecified atom stereocenters. The van der Waals surface area contributed by atoms with E-state index in [-0.39, 0.29) is 17.7 Å². The molecule has 0 bridgehead atoms. The van der Waals surface area contributed by atoms with Crippen LogP contribution in [0.1, 0.15) is 35.7 Å². The number of aromatic hydroxyl groups is 1. The summed E-state index contributed by atoms with van der Waals surface area (Å²) < 4.78 is 0.822. The van der Waals surface area contributed by atoms with Gasteiger partial charge in [0.2, 0.25) is 0 Å². The molecule has 2 aliphatic rings. The first-order valence-corrected chi connectivity index (χ1v) is 6.69. The van der Waals surface area contributed by atoms with E-state index in [1.54, 1.807) is 6.07 Å². The van der Waals surface area contributed by atoms with E-state index in [2.05, 4.69) is 22.9 Å². The van der Waals surface area contributed by atoms with Crippen LogP contribution in [-0.4, -0.2) is 22.0 Å². The highest BCUT2D eigenvalue weighted by molar-refractivity contribution is 9.10. The number of phenolic OH excluding ortho intramolecular Hbond substituents is 1. The molecule has 4 heteroatoms. The largest absolute Gasteiger partial charge is 0.507 e. The molecular weight excluding hydrogens is 282 g/mol. The van der Waals surface area contributed by atoms with Crippen molar-refractivity contribution >= 4 is 21.8 Å². The molecule has 1 aromatic rings. The number of halogens is 1. The molecule has 1 atom stereocenters. The van der Waals surface area contributed by atoms with Crippen molar-refractivity contribution in [3.63, 3.8) is 0 Å². The highest BCUT2D eigenvalue weighted by Crippen LogP contribution is 2.40. The molecule has 1 aromatic carbocycles. The van der Waals surface area contributed by atoms with Crippen LogP contribution in [0.15, 0.2) is 16.6 Å². The number of carbonyl (C=O) groups is 1. The predicted molar refractivity (Wildman–Crippen MR) is 67.9 cm³/mol. The van der Waals surface area contributed by atoms with Gasteiger partial charge in [-0.05, 0) is 43.4 Å². The van der Waals surface area contributed by atoms with Crippen LogP contribution in [0.3, 0.4) is 0 Å². The minimum absolute atomic E-state index is 0.0237. The van der Waals surface area contributed by atoms with E-state index in [1.807, 2.05) is 11.0 Å². The van der Waals surface area contributed by atoms with Crippen molar-refractivity contribution in [3.05, 3.63) is 27.7 Å². The van der Waals surface area contributed by atoms with Gasteiger partial charge >= 0.3 is 0 Å². The molecule has 1 fully saturated rings. The molecule has 1 saturated carbocycles. The number of amides is 1. The van der Waals surface area contributed by atoms with Gasteiger partial charge in [0, 0.05) is 17.1 Å². The zero-order valence-electron chi connectivity index (χ0n) is 9.61. The molecule has 1 aliphatic heterocycles. The summed E-state index contributed by atoms with van der Waals surface area (Å²) in [7, 11) is 0. The Labute approximate surface area is 109 Å². The summed E-state index contributed by atoms with van der Waals surface area (Å²) in [6, 6.07) is 3.79. The lowest BCUT2D eigenvalue weighted by Gasteiger charge is -2.23. The SMILES string of the molecule is C[C@@H](C1CC1)N1Cc2cc(Br)cc(O)c2C1=O. The topological polar surface area (TPSA) is 40.5 Å². The summed E-state index contributed by atoms with van der Waals surface area (Å²) in [6.07, 6.45) is 2.44. The van der Waals surface area contributed by atoms with Crippen molar-refractivity contribution in [3.8, 4) is 5.75 Å². The van der Waals surface area contributed by atoms with Crippen molar-refractivity contribution in [2.75, 3.05) is 0 Å². The van der Waals surface area contributed by atoms with Crippen molar-refractivity contribution < 1.29 is 9.90 Å². The first-order valence-electron chi connectivity index (χ1n) is 5.90. The minimum atomic E-state index is -0.0237. The molecule has 1 aliphatic carbocycles. The molecule has 1 heterocycles. The standard InChI is InChI=1S/C13H14BrNO2/c1-7(8-2-3-8)15-6-9-4-10(14)5-11(16)12(9)13(15)17/h4-5,7-8,16H,2-3,6H2,1H3/t7-/m0/s1. The fourth-order valence-corrected chi connectivity index (χ4v) is 3.07. The molecule has 0 saturated heterocycles. The summed E-state index contributed by atoms with van der Waals surface area (Å²) >= 11 is 3.34. The van der Waals surface area contributed by atoms with E-state index in [1.165, 1.54) is 12.8 Å². The number of hydrogen-bond donors (Lipinski definition) is 1. The van der Waals surface area contributed by atoms with Gasteiger partial charge in [-0.2, -0.15) is 0 Å². The van der Waals surface area contributed by atoms with Crippen LogP contribution in [0.25, 0.3) is 0 Å². The van der Waals surface area contributed by atoms with E-state index >= 15 is 0 Å². The molecule has 3 rings (SSSR count). The minimum Gasteiger partial charge on any atom is -0.507 e. The van der Waals surface area contributed by atoms with Crippen LogP contribution < -0.4 is 0 Å². The smallest absolute Gasteiger partial charge is 0.258 e. The van der Waals surface area contributed by atoms with Gasteiger partial charge in [-0.15, -0.1) is 0 Å². The number of fused-ring (bicyclic) bond motifs is 1. The van der Waals surface area contributed by atoms with Gasteiger partial charge in [-0.25, -0.2) is 0 Å². The molecule has 90 valence electrons. The van der Waals surface area contributed by atoms with Gasteiger partial charge in [0.25, 0.3) is 5.91 Å². The lowest BCUT2D eigenvalue weighted by Crippen LogP contribution is -2.34. The third-order valence-corrected chi connectivity index (χ3v) is 4.23. The van der Waals surface area contributed by atoms with E-state index < -0.39 is 0 Å². The molecule has 1 amide bonds. The first kappa shape index (κ1) is 11.1. The third-order valence-electron chi connectivity index (χ3n) is 3.78. The number of benzene rings is 1. The molecule has 1 N–H and O–H groups in total. The Bertz CT molecular complexity index is 496. The Hall–Kier alpha value is -1.03. The quantitative estimate of drug-likeness (QED) is 0.911. The Morgan fingerprint density at radius 3 is 2.82 bits per heavy atom. The van der Waals surface area contributed by atoms with Crippen molar-refractivity contribution in [2.45, 2.75) is 32.4 Å². The van der Waals surface area contributed by atoms with Crippen molar-refractivity contribution in [2.24, 2.45) is 5.92 Å². The number of carbonyl (C=O) groups excluding carboxylic acids is 1. The maximum absolute atomic E-state index is 12.3. The van der Waals surface area contributed by atoms with Gasteiger partial charge in [0.15, 0.2) is 0 Å². The number of nitrogens with zero attached hydrogens (tertiary/aromatic N) is 1. The normalized spacial score (nSPS) is 20.6. The van der Waals surface area contributed by atoms with Crippen LogP contribution in [0.5, 0.6) is 5.75 Å². The average Bonchev–Trinajstić information content (AvgIpc) is 3.03. The molecular formula is C13H14BrNO2. The lowest BCUT2D eigenvalue weighted by molar-refractivity contribution is 0.0695. The van der Waals surface area contributed by atoms with Crippen molar-refractivity contribution in [1.82, 2.24) is 4.90 Å². The van der Waals surface area contributed by atoms with Crippen LogP contribution in [-0.2, 0) is 6.54 Å². The fourth-order valence-electron chi connectivity index (χ4n) is 2.58. The summed E-state index contributed by atoms with van der Waals surface area (Å²) in [4.78, 5) is 14.1. The Morgan fingerprint density at radius 1 is 1.47 bits per heavy atom. The van der Waals surface area contributed by atoms with Crippen LogP contribution in [0.2, 0.25) is 0 Å². The summed E-state index contributed by atoms with van der Waals surface area (Å²) in [5, 5.41) is 9.86. The second-order valence-corrected chi connectivity index (χ2v) is 5.89. The molecule has 0 radical (unpaired) electrons. The Morgan fingerprint density at radius 2 is 2.18 bits per heavy atom. The summed E-state index contributed by atoms with van der Waals surface area (Å²) in [6.45, 7) is 2.73. The van der Waals surface area contributed by atoms with Gasteiger partial charge in [-0.1, -0.05) is 15.9 Å².